The number of hydrogen-bond donors (Lipinski definition) is 0. The van der Waals surface area contributed by atoms with Gasteiger partial charge in [0.1, 0.15) is 0 Å². The van der Waals surface area contributed by atoms with E-state index < -0.39 is 0 Å². The highest BCUT2D eigenvalue weighted by Gasteiger charge is 2.32. The molecule has 0 saturated heterocycles. The van der Waals surface area contributed by atoms with Gasteiger partial charge in [-0.2, -0.15) is 0 Å². The monoisotopic (exact) mass is 204 g/mol. The second kappa shape index (κ2) is 4.68. The molecular weight excluding hydrogens is 180 g/mol. The summed E-state index contributed by atoms with van der Waals surface area (Å²) in [7, 11) is 0. The number of rotatable bonds is 5. The second-order valence-electron chi connectivity index (χ2n) is 5.24. The first-order chi connectivity index (χ1) is 5.75. The van der Waals surface area contributed by atoms with Crippen LogP contribution in [0.3, 0.4) is 0 Å². The van der Waals surface area contributed by atoms with Crippen molar-refractivity contribution in [3.8, 4) is 0 Å². The molecule has 0 aliphatic carbocycles. The molecule has 0 fully saturated rings. The zero-order valence-electron chi connectivity index (χ0n) is 10.1. The Morgan fingerprint density at radius 3 is 1.92 bits per heavy atom. The van der Waals surface area contributed by atoms with Gasteiger partial charge in [0, 0.05) is 4.87 Å². The molecule has 0 radical (unpaired) electrons. The summed E-state index contributed by atoms with van der Waals surface area (Å²) in [4.78, 5) is -0.0209. The topological polar surface area (TPSA) is 0 Å². The lowest BCUT2D eigenvalue weighted by molar-refractivity contribution is 0.182. The van der Waals surface area contributed by atoms with Crippen LogP contribution < -0.4 is 0 Å². The molecule has 0 rings (SSSR count). The van der Waals surface area contributed by atoms with E-state index in [1.807, 2.05) is 0 Å². The molecule has 1 heteroatoms. The Kier molecular flexibility index (Phi) is 4.79. The van der Waals surface area contributed by atoms with E-state index >= 15 is 0 Å². The summed E-state index contributed by atoms with van der Waals surface area (Å²) < 4.78 is 0. The minimum absolute atomic E-state index is 0.0209. The van der Waals surface area contributed by atoms with Crippen molar-refractivity contribution in [3.63, 3.8) is 0 Å². The molecule has 2 unspecified atom stereocenters. The van der Waals surface area contributed by atoms with Crippen LogP contribution in [0.25, 0.3) is 0 Å². The molecule has 0 nitrogen and oxygen atoms in total. The Bertz CT molecular complexity index is 147. The van der Waals surface area contributed by atoms with Gasteiger partial charge in [-0.15, -0.1) is 11.6 Å². The van der Waals surface area contributed by atoms with Crippen molar-refractivity contribution in [1.82, 2.24) is 0 Å². The van der Waals surface area contributed by atoms with E-state index in [1.54, 1.807) is 0 Å². The van der Waals surface area contributed by atoms with E-state index in [-0.39, 0.29) is 4.87 Å². The average Bonchev–Trinajstić information content (AvgIpc) is 2.01. The zero-order chi connectivity index (χ0) is 10.7. The lowest BCUT2D eigenvalue weighted by Crippen LogP contribution is -2.30. The predicted molar refractivity (Wildman–Crippen MR) is 62.4 cm³/mol. The van der Waals surface area contributed by atoms with Gasteiger partial charge in [0.2, 0.25) is 0 Å². The summed E-state index contributed by atoms with van der Waals surface area (Å²) in [6.07, 6.45) is 3.39. The van der Waals surface area contributed by atoms with E-state index in [4.69, 9.17) is 11.6 Å². The normalized spacial score (nSPS) is 19.6. The van der Waals surface area contributed by atoms with Crippen LogP contribution in [0.15, 0.2) is 0 Å². The lowest BCUT2D eigenvalue weighted by Gasteiger charge is -2.37. The summed E-state index contributed by atoms with van der Waals surface area (Å²) in [6.45, 7) is 13.6. The van der Waals surface area contributed by atoms with E-state index in [0.29, 0.717) is 5.41 Å². The third-order valence-corrected chi connectivity index (χ3v) is 3.91. The fourth-order valence-corrected chi connectivity index (χ4v) is 2.15. The zero-order valence-corrected chi connectivity index (χ0v) is 10.8. The maximum atomic E-state index is 6.41. The highest BCUT2D eigenvalue weighted by molar-refractivity contribution is 6.23. The van der Waals surface area contributed by atoms with Crippen LogP contribution in [0.1, 0.15) is 60.8 Å². The molecule has 80 valence electrons. The Morgan fingerprint density at radius 2 is 1.62 bits per heavy atom. The van der Waals surface area contributed by atoms with Gasteiger partial charge in [0.15, 0.2) is 0 Å². The molecule has 0 aliphatic heterocycles. The van der Waals surface area contributed by atoms with Crippen molar-refractivity contribution < 1.29 is 0 Å². The summed E-state index contributed by atoms with van der Waals surface area (Å²) in [5.41, 5.74) is 0.362. The third-order valence-electron chi connectivity index (χ3n) is 3.51. The van der Waals surface area contributed by atoms with Gasteiger partial charge in [0.25, 0.3) is 0 Å². The lowest BCUT2D eigenvalue weighted by atomic mass is 9.72. The molecule has 0 aromatic carbocycles. The average molecular weight is 205 g/mol. The van der Waals surface area contributed by atoms with Gasteiger partial charge in [-0.05, 0) is 31.1 Å². The van der Waals surface area contributed by atoms with Crippen LogP contribution in [0, 0.1) is 11.3 Å². The van der Waals surface area contributed by atoms with Crippen LogP contribution in [-0.4, -0.2) is 4.87 Å². The molecular formula is C12H25Cl. The second-order valence-corrected chi connectivity index (χ2v) is 6.15. The van der Waals surface area contributed by atoms with Crippen LogP contribution in [0.4, 0.5) is 0 Å². The summed E-state index contributed by atoms with van der Waals surface area (Å²) in [5, 5.41) is 0. The predicted octanol–water partition coefficient (Wildman–Crippen LogP) is 4.86. The maximum Gasteiger partial charge on any atom is 0.0421 e. The van der Waals surface area contributed by atoms with Gasteiger partial charge >= 0.3 is 0 Å². The molecule has 0 N–H and O–H groups in total. The molecule has 0 heterocycles. The Balaban J connectivity index is 4.32. The van der Waals surface area contributed by atoms with Crippen LogP contribution >= 0.6 is 11.6 Å². The van der Waals surface area contributed by atoms with Gasteiger partial charge < -0.3 is 0 Å². The molecule has 2 atom stereocenters. The molecule has 0 saturated carbocycles. The number of hydrogen-bond acceptors (Lipinski definition) is 0. The van der Waals surface area contributed by atoms with Crippen LogP contribution in [0.2, 0.25) is 0 Å². The maximum absolute atomic E-state index is 6.41. The highest BCUT2D eigenvalue weighted by Crippen LogP contribution is 2.40. The Morgan fingerprint density at radius 1 is 1.15 bits per heavy atom. The van der Waals surface area contributed by atoms with Gasteiger partial charge in [-0.1, -0.05) is 41.0 Å². The first-order valence-corrected chi connectivity index (χ1v) is 5.82. The van der Waals surface area contributed by atoms with Crippen molar-refractivity contribution in [1.29, 1.82) is 0 Å². The van der Waals surface area contributed by atoms with Gasteiger partial charge in [-0.25, -0.2) is 0 Å². The molecule has 0 bridgehead atoms. The fourth-order valence-electron chi connectivity index (χ4n) is 1.80. The number of halogens is 1. The van der Waals surface area contributed by atoms with Crippen molar-refractivity contribution in [2.75, 3.05) is 0 Å². The van der Waals surface area contributed by atoms with E-state index in [0.717, 1.165) is 18.8 Å². The van der Waals surface area contributed by atoms with Crippen molar-refractivity contribution in [2.24, 2.45) is 11.3 Å². The SMILES string of the molecule is CCC(C)C(C)(C)CC(C)(Cl)CC. The molecule has 0 spiro atoms. The first kappa shape index (κ1) is 13.3. The van der Waals surface area contributed by atoms with E-state index in [9.17, 15) is 0 Å². The van der Waals surface area contributed by atoms with Crippen molar-refractivity contribution in [2.45, 2.75) is 65.7 Å². The molecule has 0 amide bonds. The molecule has 0 aromatic heterocycles. The Labute approximate surface area is 89.1 Å². The summed E-state index contributed by atoms with van der Waals surface area (Å²) in [5.74, 6) is 0.747. The van der Waals surface area contributed by atoms with Crippen molar-refractivity contribution in [3.05, 3.63) is 0 Å². The smallest absolute Gasteiger partial charge is 0.0421 e. The quantitative estimate of drug-likeness (QED) is 0.562. The summed E-state index contributed by atoms with van der Waals surface area (Å²) in [6, 6.07) is 0. The van der Waals surface area contributed by atoms with Gasteiger partial charge in [-0.3, -0.25) is 0 Å². The Hall–Kier alpha value is 0.290. The molecule has 0 aromatic rings. The number of alkyl halides is 1. The van der Waals surface area contributed by atoms with E-state index in [1.165, 1.54) is 6.42 Å². The highest BCUT2D eigenvalue weighted by atomic mass is 35.5. The molecule has 0 aliphatic rings. The largest absolute Gasteiger partial charge is 0.120 e. The van der Waals surface area contributed by atoms with E-state index in [2.05, 4.69) is 41.5 Å². The van der Waals surface area contributed by atoms with Gasteiger partial charge in [0.05, 0.1) is 0 Å². The summed E-state index contributed by atoms with van der Waals surface area (Å²) >= 11 is 6.41. The van der Waals surface area contributed by atoms with Crippen LogP contribution in [0.5, 0.6) is 0 Å². The fraction of sp³-hybridized carbons (Fsp3) is 1.00. The van der Waals surface area contributed by atoms with Crippen molar-refractivity contribution >= 4 is 11.6 Å². The first-order valence-electron chi connectivity index (χ1n) is 5.44. The minimum Gasteiger partial charge on any atom is -0.120 e. The third kappa shape index (κ3) is 4.35. The standard InChI is InChI=1S/C12H25Cl/c1-7-10(3)11(4,5)9-12(6,13)8-2/h10H,7-9H2,1-6H3. The molecule has 13 heavy (non-hydrogen) atoms. The van der Waals surface area contributed by atoms with Crippen LogP contribution in [-0.2, 0) is 0 Å². The minimum atomic E-state index is -0.0209.